The van der Waals surface area contributed by atoms with E-state index in [0.717, 1.165) is 12.8 Å². The highest BCUT2D eigenvalue weighted by Gasteiger charge is 2.16. The Balaban J connectivity index is 2.02. The first kappa shape index (κ1) is 14.8. The molecule has 2 aromatic heterocycles. The van der Waals surface area contributed by atoms with E-state index >= 15 is 0 Å². The van der Waals surface area contributed by atoms with Gasteiger partial charge in [-0.2, -0.15) is 0 Å². The second kappa shape index (κ2) is 5.91. The Morgan fingerprint density at radius 3 is 2.77 bits per heavy atom. The van der Waals surface area contributed by atoms with Crippen molar-refractivity contribution >= 4 is 16.9 Å². The number of aromatic carboxylic acids is 1. The molecule has 5 nitrogen and oxygen atoms in total. The van der Waals surface area contributed by atoms with Crippen LogP contribution in [0.4, 0.5) is 0 Å². The average molecular weight is 300 g/mol. The Kier molecular flexibility index (Phi) is 3.96. The Morgan fingerprint density at radius 1 is 1.36 bits per heavy atom. The molecular formula is C17H20N2O3. The maximum absolute atomic E-state index is 12.6. The van der Waals surface area contributed by atoms with E-state index in [0.29, 0.717) is 29.1 Å². The fourth-order valence-corrected chi connectivity index (χ4v) is 3.31. The summed E-state index contributed by atoms with van der Waals surface area (Å²) in [7, 11) is 0. The van der Waals surface area contributed by atoms with Gasteiger partial charge in [0.2, 0.25) is 0 Å². The number of pyridine rings is 2. The molecule has 1 fully saturated rings. The zero-order valence-electron chi connectivity index (χ0n) is 12.7. The molecule has 0 amide bonds. The van der Waals surface area contributed by atoms with Crippen molar-refractivity contribution in [1.29, 1.82) is 0 Å². The van der Waals surface area contributed by atoms with Gasteiger partial charge in [0.05, 0.1) is 22.2 Å². The predicted octanol–water partition coefficient (Wildman–Crippen LogP) is 2.98. The minimum Gasteiger partial charge on any atom is -0.478 e. The predicted molar refractivity (Wildman–Crippen MR) is 84.3 cm³/mol. The number of nitrogens with zero attached hydrogens (tertiary/aromatic N) is 2. The Labute approximate surface area is 128 Å². The van der Waals surface area contributed by atoms with Gasteiger partial charge in [0.25, 0.3) is 5.56 Å². The summed E-state index contributed by atoms with van der Waals surface area (Å²) in [6.45, 7) is 2.36. The number of rotatable bonds is 3. The van der Waals surface area contributed by atoms with Crippen molar-refractivity contribution in [3.8, 4) is 0 Å². The Morgan fingerprint density at radius 2 is 2.09 bits per heavy atom. The summed E-state index contributed by atoms with van der Waals surface area (Å²) in [5, 5.41) is 9.59. The van der Waals surface area contributed by atoms with Gasteiger partial charge in [-0.25, -0.2) is 4.79 Å². The van der Waals surface area contributed by atoms with Crippen molar-refractivity contribution < 1.29 is 9.90 Å². The number of aromatic nitrogens is 2. The van der Waals surface area contributed by atoms with Gasteiger partial charge in [-0.1, -0.05) is 19.3 Å². The SMILES string of the molecule is Cc1nc2ccn(CC3CCCCC3)c(=O)c2cc1C(=O)O. The summed E-state index contributed by atoms with van der Waals surface area (Å²) in [4.78, 5) is 28.1. The molecule has 0 bridgehead atoms. The third kappa shape index (κ3) is 2.75. The van der Waals surface area contributed by atoms with Crippen molar-refractivity contribution in [3.05, 3.63) is 39.9 Å². The lowest BCUT2D eigenvalue weighted by molar-refractivity contribution is 0.0696. The van der Waals surface area contributed by atoms with Gasteiger partial charge in [0.1, 0.15) is 0 Å². The fraction of sp³-hybridized carbons (Fsp3) is 0.471. The van der Waals surface area contributed by atoms with Crippen LogP contribution in [-0.2, 0) is 6.54 Å². The van der Waals surface area contributed by atoms with Crippen LogP contribution in [0.3, 0.4) is 0 Å². The molecule has 0 saturated heterocycles. The monoisotopic (exact) mass is 300 g/mol. The average Bonchev–Trinajstić information content (AvgIpc) is 2.50. The van der Waals surface area contributed by atoms with Gasteiger partial charge in [-0.05, 0) is 37.8 Å². The van der Waals surface area contributed by atoms with Crippen LogP contribution >= 0.6 is 0 Å². The highest BCUT2D eigenvalue weighted by Crippen LogP contribution is 2.24. The van der Waals surface area contributed by atoms with E-state index in [9.17, 15) is 14.7 Å². The van der Waals surface area contributed by atoms with E-state index in [-0.39, 0.29) is 11.1 Å². The molecule has 5 heteroatoms. The molecule has 1 aliphatic carbocycles. The number of carboxylic acid groups (broad SMARTS) is 1. The summed E-state index contributed by atoms with van der Waals surface area (Å²) < 4.78 is 1.71. The van der Waals surface area contributed by atoms with Crippen LogP contribution in [0.1, 0.15) is 48.2 Å². The molecule has 116 valence electrons. The molecule has 2 aromatic rings. The number of carbonyl (C=O) groups is 1. The van der Waals surface area contributed by atoms with Crippen LogP contribution in [0.2, 0.25) is 0 Å². The van der Waals surface area contributed by atoms with Crippen molar-refractivity contribution in [2.24, 2.45) is 5.92 Å². The van der Waals surface area contributed by atoms with Crippen LogP contribution in [0.15, 0.2) is 23.1 Å². The molecule has 1 aliphatic rings. The van der Waals surface area contributed by atoms with Gasteiger partial charge in [-0.3, -0.25) is 9.78 Å². The maximum atomic E-state index is 12.6. The fourth-order valence-electron chi connectivity index (χ4n) is 3.31. The molecular weight excluding hydrogens is 280 g/mol. The molecule has 1 N–H and O–H groups in total. The van der Waals surface area contributed by atoms with Crippen molar-refractivity contribution in [1.82, 2.24) is 9.55 Å². The number of hydrogen-bond donors (Lipinski definition) is 1. The second-order valence-corrected chi connectivity index (χ2v) is 6.14. The van der Waals surface area contributed by atoms with E-state index in [1.54, 1.807) is 23.8 Å². The smallest absolute Gasteiger partial charge is 0.337 e. The lowest BCUT2D eigenvalue weighted by Crippen LogP contribution is -2.25. The van der Waals surface area contributed by atoms with E-state index in [1.165, 1.54) is 25.3 Å². The van der Waals surface area contributed by atoms with Gasteiger partial charge >= 0.3 is 5.97 Å². The summed E-state index contributed by atoms with van der Waals surface area (Å²) in [6, 6.07) is 3.26. The normalized spacial score (nSPS) is 16.0. The van der Waals surface area contributed by atoms with Crippen LogP contribution in [-0.4, -0.2) is 20.6 Å². The number of hydrogen-bond acceptors (Lipinski definition) is 3. The summed E-state index contributed by atoms with van der Waals surface area (Å²) in [5.74, 6) is -0.504. The van der Waals surface area contributed by atoms with Crippen LogP contribution < -0.4 is 5.56 Å². The minimum atomic E-state index is -1.05. The topological polar surface area (TPSA) is 72.2 Å². The van der Waals surface area contributed by atoms with Crippen LogP contribution in [0.25, 0.3) is 10.9 Å². The zero-order valence-corrected chi connectivity index (χ0v) is 12.7. The van der Waals surface area contributed by atoms with Crippen molar-refractivity contribution in [2.75, 3.05) is 0 Å². The summed E-state index contributed by atoms with van der Waals surface area (Å²) >= 11 is 0. The van der Waals surface area contributed by atoms with E-state index in [1.807, 2.05) is 0 Å². The molecule has 0 spiro atoms. The number of fused-ring (bicyclic) bond motifs is 1. The van der Waals surface area contributed by atoms with Crippen molar-refractivity contribution in [3.63, 3.8) is 0 Å². The minimum absolute atomic E-state index is 0.0972. The molecule has 0 aromatic carbocycles. The molecule has 3 rings (SSSR count). The number of carboxylic acids is 1. The zero-order chi connectivity index (χ0) is 15.7. The van der Waals surface area contributed by atoms with Gasteiger partial charge < -0.3 is 9.67 Å². The molecule has 2 heterocycles. The van der Waals surface area contributed by atoms with Gasteiger partial charge in [-0.15, -0.1) is 0 Å². The summed E-state index contributed by atoms with van der Waals surface area (Å²) in [6.07, 6.45) is 7.86. The standard InChI is InChI=1S/C17H20N2O3/c1-11-13(17(21)22)9-14-15(18-11)7-8-19(16(14)20)10-12-5-3-2-4-6-12/h7-9,12H,2-6,10H2,1H3,(H,21,22). The first-order valence-corrected chi connectivity index (χ1v) is 7.80. The highest BCUT2D eigenvalue weighted by atomic mass is 16.4. The third-order valence-electron chi connectivity index (χ3n) is 4.56. The van der Waals surface area contributed by atoms with Crippen LogP contribution in [0.5, 0.6) is 0 Å². The maximum Gasteiger partial charge on any atom is 0.337 e. The van der Waals surface area contributed by atoms with Gasteiger partial charge in [0.15, 0.2) is 0 Å². The summed E-state index contributed by atoms with van der Waals surface area (Å²) in [5.41, 5.74) is 0.954. The van der Waals surface area contributed by atoms with E-state index in [2.05, 4.69) is 4.98 Å². The molecule has 0 aliphatic heterocycles. The lowest BCUT2D eigenvalue weighted by atomic mass is 9.89. The quantitative estimate of drug-likeness (QED) is 0.945. The van der Waals surface area contributed by atoms with Crippen LogP contribution in [0, 0.1) is 12.8 Å². The first-order valence-electron chi connectivity index (χ1n) is 7.80. The molecule has 0 radical (unpaired) electrons. The Hall–Kier alpha value is -2.17. The first-order chi connectivity index (χ1) is 10.6. The second-order valence-electron chi connectivity index (χ2n) is 6.14. The lowest BCUT2D eigenvalue weighted by Gasteiger charge is -2.22. The molecule has 1 saturated carbocycles. The van der Waals surface area contributed by atoms with E-state index < -0.39 is 5.97 Å². The van der Waals surface area contributed by atoms with Gasteiger partial charge in [0, 0.05) is 12.7 Å². The number of aryl methyl sites for hydroxylation is 1. The molecule has 0 atom stereocenters. The van der Waals surface area contributed by atoms with E-state index in [4.69, 9.17) is 0 Å². The largest absolute Gasteiger partial charge is 0.478 e. The molecule has 22 heavy (non-hydrogen) atoms. The molecule has 0 unspecified atom stereocenters. The highest BCUT2D eigenvalue weighted by molar-refractivity contribution is 5.93. The Bertz CT molecular complexity index is 773. The third-order valence-corrected chi connectivity index (χ3v) is 4.56. The van der Waals surface area contributed by atoms with Crippen molar-refractivity contribution in [2.45, 2.75) is 45.6 Å².